The Morgan fingerprint density at radius 2 is 2.09 bits per heavy atom. The third-order valence-corrected chi connectivity index (χ3v) is 4.75. The molecule has 0 radical (unpaired) electrons. The molecule has 0 bridgehead atoms. The Balaban J connectivity index is 2.03. The standard InChI is InChI=1S/C14H14BrN5OS/c1-3-19(4-2)13(21)11-16-17-14-20(11)18-12(22-14)9-6-5-7-10(15)8-9/h5-8H,3-4H2,1-2H3. The zero-order valence-corrected chi connectivity index (χ0v) is 14.6. The Morgan fingerprint density at radius 3 is 2.77 bits per heavy atom. The second-order valence-corrected chi connectivity index (χ2v) is 6.48. The number of carbonyl (C=O) groups excluding carboxylic acids is 1. The average Bonchev–Trinajstić information content (AvgIpc) is 3.08. The molecule has 1 amide bonds. The maximum absolute atomic E-state index is 12.4. The molecule has 1 aromatic carbocycles. The highest BCUT2D eigenvalue weighted by Crippen LogP contribution is 2.27. The van der Waals surface area contributed by atoms with Gasteiger partial charge in [0.25, 0.3) is 5.91 Å². The van der Waals surface area contributed by atoms with Crippen LogP contribution in [0.4, 0.5) is 0 Å². The zero-order chi connectivity index (χ0) is 15.7. The average molecular weight is 380 g/mol. The predicted molar refractivity (Wildman–Crippen MR) is 89.0 cm³/mol. The summed E-state index contributed by atoms with van der Waals surface area (Å²) in [6.45, 7) is 5.14. The number of hydrogen-bond acceptors (Lipinski definition) is 5. The minimum atomic E-state index is -0.149. The van der Waals surface area contributed by atoms with Crippen molar-refractivity contribution in [3.05, 3.63) is 34.6 Å². The molecule has 3 aromatic rings. The Labute approximate surface area is 139 Å². The van der Waals surface area contributed by atoms with E-state index >= 15 is 0 Å². The van der Waals surface area contributed by atoms with Gasteiger partial charge in [-0.3, -0.25) is 4.79 Å². The Hall–Kier alpha value is -1.80. The molecule has 0 aliphatic heterocycles. The molecule has 0 aliphatic carbocycles. The number of halogens is 1. The minimum absolute atomic E-state index is 0.149. The molecule has 0 saturated heterocycles. The number of nitrogens with zero attached hydrogens (tertiary/aromatic N) is 5. The van der Waals surface area contributed by atoms with Crippen molar-refractivity contribution in [3.8, 4) is 10.6 Å². The van der Waals surface area contributed by atoms with E-state index in [0.29, 0.717) is 18.1 Å². The van der Waals surface area contributed by atoms with E-state index in [1.165, 1.54) is 15.9 Å². The van der Waals surface area contributed by atoms with Crippen molar-refractivity contribution in [2.45, 2.75) is 13.8 Å². The molecule has 6 nitrogen and oxygen atoms in total. The first-order valence-electron chi connectivity index (χ1n) is 6.91. The molecule has 0 atom stereocenters. The number of benzene rings is 1. The minimum Gasteiger partial charge on any atom is -0.336 e. The zero-order valence-electron chi connectivity index (χ0n) is 12.2. The van der Waals surface area contributed by atoms with E-state index in [1.54, 1.807) is 4.90 Å². The van der Waals surface area contributed by atoms with Gasteiger partial charge < -0.3 is 4.90 Å². The summed E-state index contributed by atoms with van der Waals surface area (Å²) in [6, 6.07) is 7.86. The molecule has 22 heavy (non-hydrogen) atoms. The first kappa shape index (κ1) is 15.1. The quantitative estimate of drug-likeness (QED) is 0.698. The summed E-state index contributed by atoms with van der Waals surface area (Å²) in [7, 11) is 0. The van der Waals surface area contributed by atoms with Crippen LogP contribution < -0.4 is 0 Å². The number of carbonyl (C=O) groups is 1. The summed E-state index contributed by atoms with van der Waals surface area (Å²) in [5, 5.41) is 13.4. The number of rotatable bonds is 4. The summed E-state index contributed by atoms with van der Waals surface area (Å²) in [5.74, 6) is 0.111. The molecular formula is C14H14BrN5OS. The van der Waals surface area contributed by atoms with Crippen LogP contribution in [0.3, 0.4) is 0 Å². The van der Waals surface area contributed by atoms with Gasteiger partial charge in [0.05, 0.1) is 0 Å². The van der Waals surface area contributed by atoms with Crippen LogP contribution in [0.15, 0.2) is 28.7 Å². The van der Waals surface area contributed by atoms with Gasteiger partial charge in [-0.05, 0) is 26.0 Å². The third kappa shape index (κ3) is 2.64. The molecule has 0 spiro atoms. The van der Waals surface area contributed by atoms with E-state index in [9.17, 15) is 4.79 Å². The van der Waals surface area contributed by atoms with Gasteiger partial charge in [-0.25, -0.2) is 0 Å². The number of aromatic nitrogens is 4. The molecule has 0 fully saturated rings. The van der Waals surface area contributed by atoms with Gasteiger partial charge in [0, 0.05) is 23.1 Å². The maximum atomic E-state index is 12.4. The van der Waals surface area contributed by atoms with Crippen LogP contribution in [0.1, 0.15) is 24.5 Å². The highest BCUT2D eigenvalue weighted by Gasteiger charge is 2.22. The molecule has 0 unspecified atom stereocenters. The lowest BCUT2D eigenvalue weighted by molar-refractivity contribution is 0.0758. The molecule has 2 aromatic heterocycles. The van der Waals surface area contributed by atoms with Crippen molar-refractivity contribution in [2.24, 2.45) is 0 Å². The van der Waals surface area contributed by atoms with Gasteiger partial charge in [0.15, 0.2) is 0 Å². The van der Waals surface area contributed by atoms with Crippen molar-refractivity contribution in [2.75, 3.05) is 13.1 Å². The van der Waals surface area contributed by atoms with E-state index in [0.717, 1.165) is 15.0 Å². The summed E-state index contributed by atoms with van der Waals surface area (Å²) in [6.07, 6.45) is 0. The van der Waals surface area contributed by atoms with Crippen LogP contribution >= 0.6 is 27.3 Å². The van der Waals surface area contributed by atoms with Crippen LogP contribution in [-0.4, -0.2) is 43.7 Å². The molecular weight excluding hydrogens is 366 g/mol. The second kappa shape index (κ2) is 6.13. The lowest BCUT2D eigenvalue weighted by Gasteiger charge is -2.16. The van der Waals surface area contributed by atoms with Crippen LogP contribution in [0.5, 0.6) is 0 Å². The predicted octanol–water partition coefficient (Wildman–Crippen LogP) is 3.10. The van der Waals surface area contributed by atoms with Gasteiger partial charge in [-0.2, -0.15) is 9.61 Å². The van der Waals surface area contributed by atoms with Gasteiger partial charge >= 0.3 is 0 Å². The fraction of sp³-hybridized carbons (Fsp3) is 0.286. The van der Waals surface area contributed by atoms with Crippen LogP contribution in [-0.2, 0) is 0 Å². The molecule has 114 valence electrons. The van der Waals surface area contributed by atoms with Crippen LogP contribution in [0.25, 0.3) is 15.5 Å². The maximum Gasteiger partial charge on any atom is 0.293 e. The number of amides is 1. The topological polar surface area (TPSA) is 63.4 Å². The monoisotopic (exact) mass is 379 g/mol. The normalized spacial score (nSPS) is 11.0. The summed E-state index contributed by atoms with van der Waals surface area (Å²) >= 11 is 4.86. The van der Waals surface area contributed by atoms with Crippen molar-refractivity contribution in [1.82, 2.24) is 24.7 Å². The SMILES string of the molecule is CCN(CC)C(=O)c1nnc2sc(-c3cccc(Br)c3)nn12. The van der Waals surface area contributed by atoms with E-state index in [-0.39, 0.29) is 11.7 Å². The van der Waals surface area contributed by atoms with E-state index in [1.807, 2.05) is 38.1 Å². The van der Waals surface area contributed by atoms with Gasteiger partial charge in [-0.15, -0.1) is 10.2 Å². The largest absolute Gasteiger partial charge is 0.336 e. The van der Waals surface area contributed by atoms with E-state index < -0.39 is 0 Å². The summed E-state index contributed by atoms with van der Waals surface area (Å²) < 4.78 is 2.51. The first-order valence-corrected chi connectivity index (χ1v) is 8.52. The molecule has 8 heteroatoms. The van der Waals surface area contributed by atoms with E-state index in [4.69, 9.17) is 0 Å². The Bertz CT molecular complexity index is 824. The fourth-order valence-corrected chi connectivity index (χ4v) is 3.38. The van der Waals surface area contributed by atoms with Crippen LogP contribution in [0.2, 0.25) is 0 Å². The van der Waals surface area contributed by atoms with Crippen molar-refractivity contribution >= 4 is 38.1 Å². The molecule has 0 saturated carbocycles. The lowest BCUT2D eigenvalue weighted by Crippen LogP contribution is -2.32. The first-order chi connectivity index (χ1) is 10.6. The second-order valence-electron chi connectivity index (χ2n) is 4.61. The van der Waals surface area contributed by atoms with Gasteiger partial charge in [-0.1, -0.05) is 39.4 Å². The van der Waals surface area contributed by atoms with Crippen molar-refractivity contribution < 1.29 is 4.79 Å². The van der Waals surface area contributed by atoms with Crippen LogP contribution in [0, 0.1) is 0 Å². The van der Waals surface area contributed by atoms with Gasteiger partial charge in [0.1, 0.15) is 5.01 Å². The Kier molecular flexibility index (Phi) is 4.21. The number of hydrogen-bond donors (Lipinski definition) is 0. The highest BCUT2D eigenvalue weighted by atomic mass is 79.9. The number of fused-ring (bicyclic) bond motifs is 1. The Morgan fingerprint density at radius 1 is 1.32 bits per heavy atom. The smallest absolute Gasteiger partial charge is 0.293 e. The van der Waals surface area contributed by atoms with E-state index in [2.05, 4.69) is 31.2 Å². The summed E-state index contributed by atoms with van der Waals surface area (Å²) in [4.78, 5) is 14.8. The third-order valence-electron chi connectivity index (χ3n) is 3.30. The van der Waals surface area contributed by atoms with Crippen molar-refractivity contribution in [1.29, 1.82) is 0 Å². The van der Waals surface area contributed by atoms with Crippen molar-refractivity contribution in [3.63, 3.8) is 0 Å². The fourth-order valence-electron chi connectivity index (χ4n) is 2.14. The molecule has 2 heterocycles. The summed E-state index contributed by atoms with van der Waals surface area (Å²) in [5.41, 5.74) is 0.978. The molecule has 0 aliphatic rings. The highest BCUT2D eigenvalue weighted by molar-refractivity contribution is 9.10. The molecule has 3 rings (SSSR count). The van der Waals surface area contributed by atoms with Gasteiger partial charge in [0.2, 0.25) is 10.8 Å². The molecule has 0 N–H and O–H groups in total. The lowest BCUT2D eigenvalue weighted by atomic mass is 10.2.